The second-order valence-electron chi connectivity index (χ2n) is 5.33. The van der Waals surface area contributed by atoms with Crippen LogP contribution in [0.2, 0.25) is 0 Å². The minimum atomic E-state index is -0.389. The van der Waals surface area contributed by atoms with E-state index in [1.54, 1.807) is 23.7 Å². The molecule has 9 heteroatoms. The third-order valence-corrected chi connectivity index (χ3v) is 5.56. The first-order chi connectivity index (χ1) is 12.5. The first kappa shape index (κ1) is 18.6. The lowest BCUT2D eigenvalue weighted by Crippen LogP contribution is -2.13. The van der Waals surface area contributed by atoms with Gasteiger partial charge in [0.25, 0.3) is 5.91 Å². The van der Waals surface area contributed by atoms with E-state index in [1.165, 1.54) is 22.7 Å². The standard InChI is InChI=1S/C17H19N3O4S2/c1-4-23-10(3)20-16-11(9-13(26-16)17(22)24-5-2)14(19-20)18-15(21)12-7-6-8-25-12/h6-10H,4-5H2,1-3H3,(H,18,19,21). The summed E-state index contributed by atoms with van der Waals surface area (Å²) in [4.78, 5) is 26.3. The molecule has 1 unspecified atom stereocenters. The first-order valence-electron chi connectivity index (χ1n) is 8.20. The lowest BCUT2D eigenvalue weighted by Gasteiger charge is -2.12. The molecule has 0 aromatic carbocycles. The van der Waals surface area contributed by atoms with Crippen molar-refractivity contribution in [3.8, 4) is 0 Å². The van der Waals surface area contributed by atoms with E-state index in [1.807, 2.05) is 25.3 Å². The highest BCUT2D eigenvalue weighted by Crippen LogP contribution is 2.34. The molecule has 0 bridgehead atoms. The molecule has 26 heavy (non-hydrogen) atoms. The van der Waals surface area contributed by atoms with Gasteiger partial charge in [-0.3, -0.25) is 4.79 Å². The molecule has 1 amide bonds. The second kappa shape index (κ2) is 7.98. The maximum absolute atomic E-state index is 12.4. The molecule has 3 aromatic heterocycles. The van der Waals surface area contributed by atoms with Crippen molar-refractivity contribution in [2.24, 2.45) is 0 Å². The molecule has 7 nitrogen and oxygen atoms in total. The van der Waals surface area contributed by atoms with Gasteiger partial charge in [-0.2, -0.15) is 5.10 Å². The molecule has 3 rings (SSSR count). The van der Waals surface area contributed by atoms with E-state index in [-0.39, 0.29) is 18.1 Å². The van der Waals surface area contributed by atoms with Gasteiger partial charge < -0.3 is 14.8 Å². The molecule has 138 valence electrons. The number of esters is 1. The van der Waals surface area contributed by atoms with Crippen molar-refractivity contribution in [3.63, 3.8) is 0 Å². The molecular formula is C17H19N3O4S2. The topological polar surface area (TPSA) is 82.5 Å². The Morgan fingerprint density at radius 1 is 1.31 bits per heavy atom. The zero-order valence-corrected chi connectivity index (χ0v) is 16.3. The summed E-state index contributed by atoms with van der Waals surface area (Å²) in [6.07, 6.45) is -0.330. The van der Waals surface area contributed by atoms with Crippen molar-refractivity contribution >= 4 is 50.6 Å². The summed E-state index contributed by atoms with van der Waals surface area (Å²) < 4.78 is 12.4. The molecule has 1 N–H and O–H groups in total. The molecule has 0 aliphatic carbocycles. The summed E-state index contributed by atoms with van der Waals surface area (Å²) in [6.45, 7) is 6.35. The number of aromatic nitrogens is 2. The maximum Gasteiger partial charge on any atom is 0.348 e. The third kappa shape index (κ3) is 3.64. The van der Waals surface area contributed by atoms with E-state index in [0.29, 0.717) is 34.2 Å². The summed E-state index contributed by atoms with van der Waals surface area (Å²) in [7, 11) is 0. The zero-order chi connectivity index (χ0) is 18.7. The van der Waals surface area contributed by atoms with Gasteiger partial charge in [-0.25, -0.2) is 9.48 Å². The van der Waals surface area contributed by atoms with Crippen LogP contribution >= 0.6 is 22.7 Å². The molecular weight excluding hydrogens is 374 g/mol. The average molecular weight is 393 g/mol. The predicted octanol–water partition coefficient (Wildman–Crippen LogP) is 4.14. The highest BCUT2D eigenvalue weighted by Gasteiger charge is 2.22. The number of anilines is 1. The van der Waals surface area contributed by atoms with Crippen LogP contribution in [0.15, 0.2) is 23.6 Å². The van der Waals surface area contributed by atoms with E-state index in [0.717, 1.165) is 4.83 Å². The Kier molecular flexibility index (Phi) is 5.70. The van der Waals surface area contributed by atoms with Crippen LogP contribution < -0.4 is 5.32 Å². The minimum absolute atomic E-state index is 0.237. The molecule has 1 atom stereocenters. The number of carbonyl (C=O) groups is 2. The molecule has 3 heterocycles. The maximum atomic E-state index is 12.4. The summed E-state index contributed by atoms with van der Waals surface area (Å²) in [5.41, 5.74) is 0. The summed E-state index contributed by atoms with van der Waals surface area (Å²) >= 11 is 2.62. The van der Waals surface area contributed by atoms with Gasteiger partial charge in [-0.05, 0) is 38.3 Å². The van der Waals surface area contributed by atoms with E-state index in [9.17, 15) is 9.59 Å². The van der Waals surface area contributed by atoms with Crippen molar-refractivity contribution in [1.82, 2.24) is 9.78 Å². The van der Waals surface area contributed by atoms with Gasteiger partial charge in [0.1, 0.15) is 15.9 Å². The van der Waals surface area contributed by atoms with Crippen LogP contribution in [0.5, 0.6) is 0 Å². The summed E-state index contributed by atoms with van der Waals surface area (Å²) in [5, 5.41) is 9.84. The highest BCUT2D eigenvalue weighted by molar-refractivity contribution is 7.20. The molecule has 0 spiro atoms. The Morgan fingerprint density at radius 3 is 2.77 bits per heavy atom. The Hall–Kier alpha value is -2.23. The Balaban J connectivity index is 2.00. The molecule has 0 saturated carbocycles. The minimum Gasteiger partial charge on any atom is -0.462 e. The summed E-state index contributed by atoms with van der Waals surface area (Å²) in [6, 6.07) is 5.26. The Bertz CT molecular complexity index is 914. The van der Waals surface area contributed by atoms with Crippen LogP contribution in [0.4, 0.5) is 5.82 Å². The van der Waals surface area contributed by atoms with Gasteiger partial charge in [0.15, 0.2) is 5.82 Å². The number of nitrogens with zero attached hydrogens (tertiary/aromatic N) is 2. The zero-order valence-electron chi connectivity index (χ0n) is 14.6. The fourth-order valence-electron chi connectivity index (χ4n) is 2.46. The van der Waals surface area contributed by atoms with E-state index < -0.39 is 0 Å². The fourth-order valence-corrected chi connectivity index (χ4v) is 4.15. The lowest BCUT2D eigenvalue weighted by molar-refractivity contribution is 0.0197. The number of nitrogens with one attached hydrogen (secondary N) is 1. The Morgan fingerprint density at radius 2 is 2.12 bits per heavy atom. The van der Waals surface area contributed by atoms with Gasteiger partial charge in [-0.15, -0.1) is 22.7 Å². The molecule has 3 aromatic rings. The quantitative estimate of drug-likeness (QED) is 0.610. The molecule has 0 radical (unpaired) electrons. The third-order valence-electron chi connectivity index (χ3n) is 3.59. The highest BCUT2D eigenvalue weighted by atomic mass is 32.1. The number of hydrogen-bond acceptors (Lipinski definition) is 7. The van der Waals surface area contributed by atoms with Crippen LogP contribution in [0, 0.1) is 0 Å². The van der Waals surface area contributed by atoms with E-state index >= 15 is 0 Å². The van der Waals surface area contributed by atoms with Crippen LogP contribution in [-0.2, 0) is 9.47 Å². The van der Waals surface area contributed by atoms with Gasteiger partial charge in [0, 0.05) is 6.61 Å². The molecule has 0 saturated heterocycles. The molecule has 0 fully saturated rings. The van der Waals surface area contributed by atoms with Crippen molar-refractivity contribution in [2.75, 3.05) is 18.5 Å². The van der Waals surface area contributed by atoms with Gasteiger partial charge in [0.2, 0.25) is 0 Å². The average Bonchev–Trinajstić information content (AvgIpc) is 3.33. The largest absolute Gasteiger partial charge is 0.462 e. The number of hydrogen-bond donors (Lipinski definition) is 1. The van der Waals surface area contributed by atoms with Gasteiger partial charge in [0.05, 0.1) is 16.9 Å². The van der Waals surface area contributed by atoms with E-state index in [4.69, 9.17) is 9.47 Å². The van der Waals surface area contributed by atoms with Crippen LogP contribution in [0.3, 0.4) is 0 Å². The van der Waals surface area contributed by atoms with Crippen LogP contribution in [-0.4, -0.2) is 34.9 Å². The van der Waals surface area contributed by atoms with Crippen molar-refractivity contribution in [2.45, 2.75) is 27.0 Å². The van der Waals surface area contributed by atoms with Gasteiger partial charge >= 0.3 is 5.97 Å². The second-order valence-corrected chi connectivity index (χ2v) is 7.31. The summed E-state index contributed by atoms with van der Waals surface area (Å²) in [5.74, 6) is -0.226. The van der Waals surface area contributed by atoms with Crippen LogP contribution in [0.25, 0.3) is 10.2 Å². The number of rotatable bonds is 7. The number of carbonyl (C=O) groups excluding carboxylic acids is 2. The van der Waals surface area contributed by atoms with Crippen molar-refractivity contribution in [1.29, 1.82) is 0 Å². The number of thiophene rings is 2. The lowest BCUT2D eigenvalue weighted by atomic mass is 10.3. The SMILES string of the molecule is CCOC(=O)c1cc2c(NC(=O)c3cccs3)nn(C(C)OCC)c2s1. The first-order valence-corrected chi connectivity index (χ1v) is 9.90. The normalized spacial score (nSPS) is 12.3. The predicted molar refractivity (Wildman–Crippen MR) is 102 cm³/mol. The Labute approximate surface area is 158 Å². The molecule has 0 aliphatic rings. The monoisotopic (exact) mass is 393 g/mol. The number of amides is 1. The van der Waals surface area contributed by atoms with Gasteiger partial charge in [-0.1, -0.05) is 6.07 Å². The van der Waals surface area contributed by atoms with Crippen molar-refractivity contribution in [3.05, 3.63) is 33.3 Å². The number of ether oxygens (including phenoxy) is 2. The van der Waals surface area contributed by atoms with Crippen molar-refractivity contribution < 1.29 is 19.1 Å². The fraction of sp³-hybridized carbons (Fsp3) is 0.353. The van der Waals surface area contributed by atoms with Crippen LogP contribution in [0.1, 0.15) is 46.3 Å². The number of fused-ring (bicyclic) bond motifs is 1. The smallest absolute Gasteiger partial charge is 0.348 e. The molecule has 0 aliphatic heterocycles. The van der Waals surface area contributed by atoms with E-state index in [2.05, 4.69) is 10.4 Å².